The SMILES string of the molecule is C[C@H]1CN[C@@H](C)CN([C@@H](C)C(=O)OCc2ccccc2)[C@@H](C)CN[C@@H](C)CN1. The van der Waals surface area contributed by atoms with Gasteiger partial charge in [-0.25, -0.2) is 0 Å². The summed E-state index contributed by atoms with van der Waals surface area (Å²) in [6.07, 6.45) is 0. The van der Waals surface area contributed by atoms with Crippen LogP contribution in [0.25, 0.3) is 0 Å². The van der Waals surface area contributed by atoms with Gasteiger partial charge in [0.05, 0.1) is 0 Å². The molecule has 1 aromatic carbocycles. The lowest BCUT2D eigenvalue weighted by molar-refractivity contribution is -0.151. The standard InChI is InChI=1S/C22H38N4O2/c1-16-12-24-18(3)14-26(19(4)13-25-17(2)11-23-16)20(5)22(27)28-15-21-9-7-6-8-10-21/h6-10,16-20,23-25H,11-15H2,1-5H3/t16-,17-,18-,19-,20-/m0/s1. The van der Waals surface area contributed by atoms with Crippen molar-refractivity contribution < 1.29 is 9.53 Å². The molecule has 158 valence electrons. The average molecular weight is 391 g/mol. The summed E-state index contributed by atoms with van der Waals surface area (Å²) in [4.78, 5) is 15.0. The van der Waals surface area contributed by atoms with Crippen molar-refractivity contribution in [2.45, 2.75) is 71.4 Å². The molecule has 1 aliphatic heterocycles. The van der Waals surface area contributed by atoms with Gasteiger partial charge in [0.2, 0.25) is 0 Å². The molecule has 1 saturated heterocycles. The molecule has 0 radical (unpaired) electrons. The molecule has 1 aromatic rings. The highest BCUT2D eigenvalue weighted by atomic mass is 16.5. The number of carbonyl (C=O) groups is 1. The van der Waals surface area contributed by atoms with Crippen molar-refractivity contribution in [3.63, 3.8) is 0 Å². The summed E-state index contributed by atoms with van der Waals surface area (Å²) in [6, 6.07) is 10.8. The van der Waals surface area contributed by atoms with Crippen molar-refractivity contribution in [1.29, 1.82) is 0 Å². The van der Waals surface area contributed by atoms with Crippen LogP contribution in [0.4, 0.5) is 0 Å². The zero-order valence-electron chi connectivity index (χ0n) is 18.1. The minimum absolute atomic E-state index is 0.168. The first-order valence-electron chi connectivity index (χ1n) is 10.5. The third-order valence-electron chi connectivity index (χ3n) is 5.42. The Hall–Kier alpha value is -1.47. The smallest absolute Gasteiger partial charge is 0.323 e. The molecule has 0 unspecified atom stereocenters. The number of benzene rings is 1. The van der Waals surface area contributed by atoms with Gasteiger partial charge in [0, 0.05) is 50.3 Å². The molecule has 3 N–H and O–H groups in total. The average Bonchev–Trinajstić information content (AvgIpc) is 2.70. The molecular formula is C22H38N4O2. The highest BCUT2D eigenvalue weighted by Crippen LogP contribution is 2.11. The molecule has 28 heavy (non-hydrogen) atoms. The number of carbonyl (C=O) groups excluding carboxylic acids is 1. The van der Waals surface area contributed by atoms with Crippen LogP contribution >= 0.6 is 0 Å². The number of hydrogen-bond acceptors (Lipinski definition) is 6. The quantitative estimate of drug-likeness (QED) is 0.681. The second-order valence-electron chi connectivity index (χ2n) is 8.24. The highest BCUT2D eigenvalue weighted by Gasteiger charge is 2.28. The van der Waals surface area contributed by atoms with Gasteiger partial charge in [-0.3, -0.25) is 9.69 Å². The molecule has 0 bridgehead atoms. The van der Waals surface area contributed by atoms with Crippen LogP contribution in [0.15, 0.2) is 30.3 Å². The molecule has 0 spiro atoms. The molecular weight excluding hydrogens is 352 g/mol. The van der Waals surface area contributed by atoms with Gasteiger partial charge in [0.15, 0.2) is 0 Å². The summed E-state index contributed by atoms with van der Waals surface area (Å²) >= 11 is 0. The van der Waals surface area contributed by atoms with E-state index in [2.05, 4.69) is 48.5 Å². The monoisotopic (exact) mass is 390 g/mol. The van der Waals surface area contributed by atoms with E-state index in [0.29, 0.717) is 18.7 Å². The van der Waals surface area contributed by atoms with E-state index in [1.165, 1.54) is 0 Å². The predicted molar refractivity (Wildman–Crippen MR) is 114 cm³/mol. The fourth-order valence-corrected chi connectivity index (χ4v) is 3.47. The minimum atomic E-state index is -0.293. The molecule has 6 heteroatoms. The lowest BCUT2D eigenvalue weighted by atomic mass is 10.1. The van der Waals surface area contributed by atoms with Crippen LogP contribution in [0.5, 0.6) is 0 Å². The molecule has 0 aromatic heterocycles. The van der Waals surface area contributed by atoms with Gasteiger partial charge in [-0.15, -0.1) is 0 Å². The van der Waals surface area contributed by atoms with E-state index in [1.807, 2.05) is 37.3 Å². The largest absolute Gasteiger partial charge is 0.460 e. The Morgan fingerprint density at radius 1 is 1.00 bits per heavy atom. The Morgan fingerprint density at radius 3 is 2.21 bits per heavy atom. The van der Waals surface area contributed by atoms with E-state index < -0.39 is 0 Å². The second-order valence-corrected chi connectivity index (χ2v) is 8.24. The summed E-state index contributed by atoms with van der Waals surface area (Å²) in [5.41, 5.74) is 1.01. The van der Waals surface area contributed by atoms with E-state index in [4.69, 9.17) is 4.74 Å². The Balaban J connectivity index is 2.00. The third-order valence-corrected chi connectivity index (χ3v) is 5.42. The first-order chi connectivity index (χ1) is 13.4. The highest BCUT2D eigenvalue weighted by molar-refractivity contribution is 5.75. The van der Waals surface area contributed by atoms with Gasteiger partial charge in [-0.2, -0.15) is 0 Å². The van der Waals surface area contributed by atoms with Crippen LogP contribution in [-0.4, -0.2) is 67.3 Å². The van der Waals surface area contributed by atoms with Crippen molar-refractivity contribution in [3.8, 4) is 0 Å². The lowest BCUT2D eigenvalue weighted by Gasteiger charge is -2.37. The molecule has 1 fully saturated rings. The maximum absolute atomic E-state index is 12.7. The molecule has 5 atom stereocenters. The molecule has 1 heterocycles. The molecule has 0 aliphatic carbocycles. The van der Waals surface area contributed by atoms with E-state index in [1.54, 1.807) is 0 Å². The van der Waals surface area contributed by atoms with E-state index in [-0.39, 0.29) is 24.1 Å². The van der Waals surface area contributed by atoms with E-state index >= 15 is 0 Å². The van der Waals surface area contributed by atoms with Crippen molar-refractivity contribution in [2.24, 2.45) is 0 Å². The fraction of sp³-hybridized carbons (Fsp3) is 0.682. The predicted octanol–water partition coefficient (Wildman–Crippen LogP) is 1.76. The van der Waals surface area contributed by atoms with Crippen LogP contribution in [0.3, 0.4) is 0 Å². The zero-order valence-corrected chi connectivity index (χ0v) is 18.1. The second kappa shape index (κ2) is 11.5. The molecule has 0 amide bonds. The molecule has 6 nitrogen and oxygen atoms in total. The third kappa shape index (κ3) is 7.51. The first kappa shape index (κ1) is 22.8. The van der Waals surface area contributed by atoms with Crippen molar-refractivity contribution in [1.82, 2.24) is 20.9 Å². The fourth-order valence-electron chi connectivity index (χ4n) is 3.47. The Bertz CT molecular complexity index is 583. The summed E-state index contributed by atoms with van der Waals surface area (Å²) in [5, 5.41) is 10.7. The molecule has 1 aliphatic rings. The summed E-state index contributed by atoms with van der Waals surface area (Å²) in [7, 11) is 0. The van der Waals surface area contributed by atoms with E-state index in [9.17, 15) is 4.79 Å². The van der Waals surface area contributed by atoms with E-state index in [0.717, 1.165) is 31.7 Å². The Labute approximate surface area is 170 Å². The normalized spacial score (nSPS) is 29.3. The lowest BCUT2D eigenvalue weighted by Crippen LogP contribution is -2.56. The van der Waals surface area contributed by atoms with Crippen molar-refractivity contribution in [2.75, 3.05) is 26.2 Å². The van der Waals surface area contributed by atoms with Crippen LogP contribution < -0.4 is 16.0 Å². The number of hydrogen-bond donors (Lipinski definition) is 3. The Morgan fingerprint density at radius 2 is 1.57 bits per heavy atom. The number of rotatable bonds is 4. The molecule has 2 rings (SSSR count). The van der Waals surface area contributed by atoms with Crippen LogP contribution in [0.2, 0.25) is 0 Å². The van der Waals surface area contributed by atoms with Gasteiger partial charge in [0.1, 0.15) is 12.6 Å². The van der Waals surface area contributed by atoms with Gasteiger partial charge >= 0.3 is 5.97 Å². The van der Waals surface area contributed by atoms with Gasteiger partial charge in [-0.1, -0.05) is 30.3 Å². The number of esters is 1. The first-order valence-corrected chi connectivity index (χ1v) is 10.5. The summed E-state index contributed by atoms with van der Waals surface area (Å²) in [6.45, 7) is 14.5. The van der Waals surface area contributed by atoms with Crippen molar-refractivity contribution in [3.05, 3.63) is 35.9 Å². The maximum Gasteiger partial charge on any atom is 0.323 e. The maximum atomic E-state index is 12.7. The van der Waals surface area contributed by atoms with Crippen LogP contribution in [0.1, 0.15) is 40.2 Å². The van der Waals surface area contributed by atoms with Gasteiger partial charge in [-0.05, 0) is 40.2 Å². The van der Waals surface area contributed by atoms with Crippen LogP contribution in [0, 0.1) is 0 Å². The molecule has 0 saturated carbocycles. The Kier molecular flexibility index (Phi) is 9.38. The van der Waals surface area contributed by atoms with Crippen LogP contribution in [-0.2, 0) is 16.1 Å². The minimum Gasteiger partial charge on any atom is -0.460 e. The van der Waals surface area contributed by atoms with Gasteiger partial charge in [0.25, 0.3) is 0 Å². The number of nitrogens with zero attached hydrogens (tertiary/aromatic N) is 1. The number of ether oxygens (including phenoxy) is 1. The zero-order chi connectivity index (χ0) is 20.5. The van der Waals surface area contributed by atoms with Crippen molar-refractivity contribution >= 4 is 5.97 Å². The number of nitrogens with one attached hydrogen (secondary N) is 3. The summed E-state index contributed by atoms with van der Waals surface area (Å²) < 4.78 is 5.61. The van der Waals surface area contributed by atoms with Gasteiger partial charge < -0.3 is 20.7 Å². The topological polar surface area (TPSA) is 65.6 Å². The summed E-state index contributed by atoms with van der Waals surface area (Å²) in [5.74, 6) is -0.168.